The summed E-state index contributed by atoms with van der Waals surface area (Å²) in [6, 6.07) is 10.7. The van der Waals surface area contributed by atoms with Crippen molar-refractivity contribution in [1.82, 2.24) is 15.6 Å². The van der Waals surface area contributed by atoms with Gasteiger partial charge >= 0.3 is 0 Å². The number of hydrogen-bond acceptors (Lipinski definition) is 4. The summed E-state index contributed by atoms with van der Waals surface area (Å²) in [5, 5.41) is 6.87. The third-order valence-corrected chi connectivity index (χ3v) is 6.45. The number of hydrogen-bond donors (Lipinski definition) is 2. The van der Waals surface area contributed by atoms with Crippen molar-refractivity contribution < 1.29 is 0 Å². The zero-order valence-corrected chi connectivity index (χ0v) is 18.6. The van der Waals surface area contributed by atoms with Crippen molar-refractivity contribution in [3.05, 3.63) is 46.4 Å². The lowest BCUT2D eigenvalue weighted by atomic mass is 10.4. The molecule has 2 aromatic rings. The maximum absolute atomic E-state index is 4.71. The lowest BCUT2D eigenvalue weighted by molar-refractivity contribution is 0.769. The van der Waals surface area contributed by atoms with Crippen molar-refractivity contribution in [3.63, 3.8) is 0 Å². The third kappa shape index (κ3) is 6.14. The first-order chi connectivity index (χ1) is 11.7. The molecule has 0 amide bonds. The monoisotopic (exact) mass is 488 g/mol. The molecule has 0 spiro atoms. The number of nitrogens with zero attached hydrogens (tertiary/aromatic N) is 2. The van der Waals surface area contributed by atoms with Crippen molar-refractivity contribution in [3.8, 4) is 0 Å². The molecule has 0 saturated heterocycles. The molecule has 1 aromatic heterocycles. The lowest BCUT2D eigenvalue weighted by Gasteiger charge is -2.18. The van der Waals surface area contributed by atoms with Gasteiger partial charge in [0.2, 0.25) is 0 Å². The van der Waals surface area contributed by atoms with Gasteiger partial charge in [-0.05, 0) is 38.8 Å². The summed E-state index contributed by atoms with van der Waals surface area (Å²) in [4.78, 5) is 11.6. The first-order valence-electron chi connectivity index (χ1n) is 8.36. The van der Waals surface area contributed by atoms with Gasteiger partial charge < -0.3 is 10.6 Å². The van der Waals surface area contributed by atoms with Gasteiger partial charge in [-0.3, -0.25) is 0 Å². The lowest BCUT2D eigenvalue weighted by Crippen LogP contribution is -2.41. The van der Waals surface area contributed by atoms with E-state index in [9.17, 15) is 0 Å². The van der Waals surface area contributed by atoms with E-state index in [-0.39, 0.29) is 24.0 Å². The summed E-state index contributed by atoms with van der Waals surface area (Å²) >= 11 is 3.65. The van der Waals surface area contributed by atoms with Crippen LogP contribution in [0.4, 0.5) is 0 Å². The molecule has 0 atom stereocenters. The molecular weight excluding hydrogens is 463 g/mol. The van der Waals surface area contributed by atoms with Gasteiger partial charge in [-0.2, -0.15) is 0 Å². The van der Waals surface area contributed by atoms with Gasteiger partial charge in [-0.25, -0.2) is 9.98 Å². The van der Waals surface area contributed by atoms with Gasteiger partial charge in [0, 0.05) is 27.6 Å². The molecule has 3 rings (SSSR count). The van der Waals surface area contributed by atoms with Crippen LogP contribution in [0.25, 0.3) is 0 Å². The fraction of sp³-hybridized carbons (Fsp3) is 0.444. The highest BCUT2D eigenvalue weighted by Gasteiger charge is 2.43. The van der Waals surface area contributed by atoms with Crippen LogP contribution in [0.5, 0.6) is 0 Å². The molecule has 1 saturated carbocycles. The molecular formula is C18H25IN4S2. The zero-order chi connectivity index (χ0) is 16.8. The molecule has 1 aliphatic carbocycles. The Morgan fingerprint density at radius 2 is 2.04 bits per heavy atom. The van der Waals surface area contributed by atoms with Gasteiger partial charge in [-0.1, -0.05) is 18.2 Å². The van der Waals surface area contributed by atoms with Gasteiger partial charge in [0.05, 0.1) is 17.7 Å². The van der Waals surface area contributed by atoms with E-state index in [1.165, 1.54) is 22.6 Å². The van der Waals surface area contributed by atoms with Crippen LogP contribution in [0.2, 0.25) is 0 Å². The largest absolute Gasteiger partial charge is 0.357 e. The highest BCUT2D eigenvalue weighted by atomic mass is 127. The highest BCUT2D eigenvalue weighted by Crippen LogP contribution is 2.51. The zero-order valence-electron chi connectivity index (χ0n) is 14.6. The van der Waals surface area contributed by atoms with E-state index in [0.717, 1.165) is 24.7 Å². The number of thiazole rings is 1. The van der Waals surface area contributed by atoms with Crippen molar-refractivity contribution in [1.29, 1.82) is 0 Å². The number of nitrogens with one attached hydrogen (secondary N) is 2. The summed E-state index contributed by atoms with van der Waals surface area (Å²) < 4.78 is 0.317. The van der Waals surface area contributed by atoms with Crippen LogP contribution < -0.4 is 10.6 Å². The SMILES string of the molecule is CCNC(=NCc1scnc1C)NCC1(Sc2ccccc2)CC1.I. The Morgan fingerprint density at radius 3 is 2.64 bits per heavy atom. The first-order valence-corrected chi connectivity index (χ1v) is 10.1. The average molecular weight is 488 g/mol. The van der Waals surface area contributed by atoms with Crippen LogP contribution >= 0.6 is 47.1 Å². The fourth-order valence-electron chi connectivity index (χ4n) is 2.41. The molecule has 4 nitrogen and oxygen atoms in total. The minimum absolute atomic E-state index is 0. The van der Waals surface area contributed by atoms with Crippen molar-refractivity contribution in [2.75, 3.05) is 13.1 Å². The van der Waals surface area contributed by atoms with E-state index < -0.39 is 0 Å². The smallest absolute Gasteiger partial charge is 0.191 e. The molecule has 0 aliphatic heterocycles. The van der Waals surface area contributed by atoms with Crippen LogP contribution in [-0.4, -0.2) is 28.8 Å². The summed E-state index contributed by atoms with van der Waals surface area (Å²) in [5.41, 5.74) is 2.97. The van der Waals surface area contributed by atoms with Gasteiger partial charge in [0.1, 0.15) is 0 Å². The Hall–Kier alpha value is -0.800. The summed E-state index contributed by atoms with van der Waals surface area (Å²) in [7, 11) is 0. The first kappa shape index (κ1) is 20.5. The maximum Gasteiger partial charge on any atom is 0.191 e. The molecule has 0 radical (unpaired) electrons. The second kappa shape index (κ2) is 9.78. The molecule has 25 heavy (non-hydrogen) atoms. The van der Waals surface area contributed by atoms with E-state index in [1.807, 2.05) is 24.2 Å². The number of rotatable bonds is 7. The summed E-state index contributed by atoms with van der Waals surface area (Å²) in [6.45, 7) is 6.63. The van der Waals surface area contributed by atoms with Crippen molar-refractivity contribution >= 4 is 53.0 Å². The second-order valence-corrected chi connectivity index (χ2v) is 8.49. The number of aliphatic imine (C=N–C) groups is 1. The Morgan fingerprint density at radius 1 is 1.28 bits per heavy atom. The van der Waals surface area contributed by atoms with Gasteiger partial charge in [-0.15, -0.1) is 47.1 Å². The number of aromatic nitrogens is 1. The quantitative estimate of drug-likeness (QED) is 0.344. The molecule has 1 fully saturated rings. The highest BCUT2D eigenvalue weighted by molar-refractivity contribution is 14.0. The van der Waals surface area contributed by atoms with E-state index in [1.54, 1.807) is 11.3 Å². The molecule has 1 aromatic carbocycles. The van der Waals surface area contributed by atoms with Crippen molar-refractivity contribution in [2.45, 2.75) is 42.9 Å². The molecule has 0 bridgehead atoms. The third-order valence-electron chi connectivity index (χ3n) is 4.03. The standard InChI is InChI=1S/C18H24N4S2.HI/c1-3-19-17(20-11-16-14(2)22-13-23-16)21-12-18(9-10-18)24-15-7-5-4-6-8-15;/h4-8,13H,3,9-12H2,1-2H3,(H2,19,20,21);1H. The van der Waals surface area contributed by atoms with Gasteiger partial charge in [0.25, 0.3) is 0 Å². The molecule has 136 valence electrons. The summed E-state index contributed by atoms with van der Waals surface area (Å²) in [6.07, 6.45) is 2.51. The van der Waals surface area contributed by atoms with Gasteiger partial charge in [0.15, 0.2) is 5.96 Å². The second-order valence-electron chi connectivity index (χ2n) is 6.01. The topological polar surface area (TPSA) is 49.3 Å². The van der Waals surface area contributed by atoms with Crippen LogP contribution in [-0.2, 0) is 6.54 Å². The Bertz CT molecular complexity index is 683. The van der Waals surface area contributed by atoms with E-state index in [4.69, 9.17) is 4.99 Å². The Balaban J connectivity index is 0.00000225. The van der Waals surface area contributed by atoms with Crippen LogP contribution in [0.1, 0.15) is 30.3 Å². The van der Waals surface area contributed by atoms with Crippen LogP contribution in [0.3, 0.4) is 0 Å². The van der Waals surface area contributed by atoms with E-state index in [2.05, 4.69) is 52.9 Å². The Labute approximate surface area is 175 Å². The molecule has 2 N–H and O–H groups in total. The molecule has 1 aliphatic rings. The maximum atomic E-state index is 4.71. The van der Waals surface area contributed by atoms with Crippen molar-refractivity contribution in [2.24, 2.45) is 4.99 Å². The number of guanidine groups is 1. The molecule has 0 unspecified atom stereocenters. The van der Waals surface area contributed by atoms with Crippen LogP contribution in [0.15, 0.2) is 45.7 Å². The Kier molecular flexibility index (Phi) is 8.02. The predicted octanol–water partition coefficient (Wildman–Crippen LogP) is 4.45. The van der Waals surface area contributed by atoms with Crippen LogP contribution in [0, 0.1) is 6.92 Å². The van der Waals surface area contributed by atoms with E-state index >= 15 is 0 Å². The predicted molar refractivity (Wildman–Crippen MR) is 119 cm³/mol. The fourth-order valence-corrected chi connectivity index (χ4v) is 4.35. The minimum atomic E-state index is 0. The molecule has 1 heterocycles. The number of halogens is 1. The number of benzene rings is 1. The average Bonchev–Trinajstić information content (AvgIpc) is 3.23. The van der Waals surface area contributed by atoms with E-state index in [0.29, 0.717) is 11.3 Å². The summed E-state index contributed by atoms with van der Waals surface area (Å²) in [5.74, 6) is 0.894. The normalized spacial score (nSPS) is 15.4. The molecule has 7 heteroatoms. The number of thioether (sulfide) groups is 1. The number of aryl methyl sites for hydroxylation is 1. The minimum Gasteiger partial charge on any atom is -0.357 e.